The fourth-order valence-electron chi connectivity index (χ4n) is 6.40. The van der Waals surface area contributed by atoms with Gasteiger partial charge in [0.25, 0.3) is 6.43 Å². The van der Waals surface area contributed by atoms with Crippen LogP contribution in [0.15, 0.2) is 28.0 Å². The number of esters is 3. The SMILES string of the molecule is COC1=CC(=O)C=C(C)[C@]1(O)C(=O)Oc1c(C)c(C)c(C(=O)Oc2c(F)c(C)c(C(=O)Oc3c(C)c(C)c(C(=O)O)c(C)c3C)c(C)c2C(F)F)c(O)c1Br. The molecule has 0 aliphatic heterocycles. The van der Waals surface area contributed by atoms with Crippen LogP contribution in [0.2, 0.25) is 0 Å². The van der Waals surface area contributed by atoms with E-state index in [9.17, 15) is 48.1 Å². The van der Waals surface area contributed by atoms with Crippen LogP contribution in [0, 0.1) is 61.2 Å². The highest BCUT2D eigenvalue weighted by Crippen LogP contribution is 2.45. The Bertz CT molecular complexity index is 2250. The summed E-state index contributed by atoms with van der Waals surface area (Å²) >= 11 is 3.05. The lowest BCUT2D eigenvalue weighted by Crippen LogP contribution is -2.47. The van der Waals surface area contributed by atoms with Crippen LogP contribution in [0.3, 0.4) is 0 Å². The molecule has 292 valence electrons. The van der Waals surface area contributed by atoms with E-state index in [4.69, 9.17) is 18.9 Å². The Morgan fingerprint density at radius 2 is 1.20 bits per heavy atom. The number of rotatable bonds is 9. The molecular formula is C39H36BrF3O12. The second-order valence-electron chi connectivity index (χ2n) is 12.9. The molecule has 0 bridgehead atoms. The molecule has 0 fully saturated rings. The molecule has 3 N–H and O–H groups in total. The number of carbonyl (C=O) groups excluding carboxylic acids is 4. The fourth-order valence-corrected chi connectivity index (χ4v) is 6.98. The summed E-state index contributed by atoms with van der Waals surface area (Å²) in [5.41, 5.74) is -5.00. The lowest BCUT2D eigenvalue weighted by molar-refractivity contribution is -0.151. The van der Waals surface area contributed by atoms with Crippen LogP contribution in [0.25, 0.3) is 0 Å². The highest BCUT2D eigenvalue weighted by molar-refractivity contribution is 9.10. The van der Waals surface area contributed by atoms with E-state index < -0.39 is 97.1 Å². The van der Waals surface area contributed by atoms with E-state index in [0.29, 0.717) is 11.1 Å². The average molecular weight is 834 g/mol. The number of halogens is 4. The van der Waals surface area contributed by atoms with E-state index in [1.807, 2.05) is 0 Å². The van der Waals surface area contributed by atoms with Crippen molar-refractivity contribution in [2.75, 3.05) is 7.11 Å². The first-order valence-corrected chi connectivity index (χ1v) is 17.1. The summed E-state index contributed by atoms with van der Waals surface area (Å²) in [5, 5.41) is 32.0. The Morgan fingerprint density at radius 1 is 0.709 bits per heavy atom. The van der Waals surface area contributed by atoms with E-state index in [2.05, 4.69) is 15.9 Å². The Balaban J connectivity index is 1.76. The lowest BCUT2D eigenvalue weighted by Gasteiger charge is -2.30. The van der Waals surface area contributed by atoms with Gasteiger partial charge in [0.1, 0.15) is 27.3 Å². The highest BCUT2D eigenvalue weighted by atomic mass is 79.9. The van der Waals surface area contributed by atoms with Crippen LogP contribution < -0.4 is 14.2 Å². The number of alkyl halides is 2. The van der Waals surface area contributed by atoms with Gasteiger partial charge in [0.2, 0.25) is 5.60 Å². The molecule has 1 atom stereocenters. The molecule has 0 saturated carbocycles. The van der Waals surface area contributed by atoms with E-state index in [-0.39, 0.29) is 44.9 Å². The number of ketones is 1. The predicted octanol–water partition coefficient (Wildman–Crippen LogP) is 7.53. The summed E-state index contributed by atoms with van der Waals surface area (Å²) in [6, 6.07) is 0. The Hall–Kier alpha value is -5.48. The Kier molecular flexibility index (Phi) is 11.8. The van der Waals surface area contributed by atoms with Gasteiger partial charge in [0.05, 0.1) is 23.8 Å². The molecule has 1 aliphatic rings. The number of ether oxygens (including phenoxy) is 4. The largest absolute Gasteiger partial charge is 0.506 e. The topological polar surface area (TPSA) is 183 Å². The molecule has 0 amide bonds. The van der Waals surface area contributed by atoms with Crippen LogP contribution in [0.4, 0.5) is 13.2 Å². The minimum absolute atomic E-state index is 0.000785. The summed E-state index contributed by atoms with van der Waals surface area (Å²) in [5.74, 6) is -10.4. The molecule has 0 radical (unpaired) electrons. The number of phenols is 1. The van der Waals surface area contributed by atoms with Gasteiger partial charge in [-0.25, -0.2) is 32.3 Å². The molecule has 55 heavy (non-hydrogen) atoms. The van der Waals surface area contributed by atoms with Crippen molar-refractivity contribution >= 4 is 45.6 Å². The predicted molar refractivity (Wildman–Crippen MR) is 193 cm³/mol. The van der Waals surface area contributed by atoms with Crippen LogP contribution >= 0.6 is 15.9 Å². The third kappa shape index (κ3) is 6.99. The van der Waals surface area contributed by atoms with Gasteiger partial charge in [-0.1, -0.05) is 0 Å². The maximum atomic E-state index is 16.1. The zero-order valence-electron chi connectivity index (χ0n) is 31.3. The lowest BCUT2D eigenvalue weighted by atomic mass is 9.87. The number of carbonyl (C=O) groups is 5. The van der Waals surface area contributed by atoms with Crippen LogP contribution in [0.5, 0.6) is 23.0 Å². The van der Waals surface area contributed by atoms with E-state index in [0.717, 1.165) is 33.1 Å². The molecule has 0 saturated heterocycles. The summed E-state index contributed by atoms with van der Waals surface area (Å²) in [7, 11) is 1.12. The monoisotopic (exact) mass is 832 g/mol. The highest BCUT2D eigenvalue weighted by Gasteiger charge is 2.48. The molecular weight excluding hydrogens is 797 g/mol. The summed E-state index contributed by atoms with van der Waals surface area (Å²) in [6.45, 7) is 12.1. The van der Waals surface area contributed by atoms with Crippen molar-refractivity contribution in [3.8, 4) is 23.0 Å². The Morgan fingerprint density at radius 3 is 1.71 bits per heavy atom. The van der Waals surface area contributed by atoms with E-state index >= 15 is 4.39 Å². The van der Waals surface area contributed by atoms with Gasteiger partial charge in [-0.05, 0) is 129 Å². The first kappa shape index (κ1) is 42.3. The van der Waals surface area contributed by atoms with Gasteiger partial charge in [0.15, 0.2) is 23.1 Å². The standard InChI is InChI=1S/C39H36BrF3O12/c1-13-11-22(44)12-23(52-10)39(13,51)38(50)55-32-19(7)16(4)26(30(45)28(32)40)37(49)54-33-27(34(42)43)20(8)25(21(9)29(33)41)36(48)53-31-17(5)14(2)24(35(46)47)15(3)18(31)6/h11-12,34,45,51H,1-10H3,(H,46,47)/t39-/m1/s1. The first-order valence-electron chi connectivity index (χ1n) is 16.3. The maximum Gasteiger partial charge on any atom is 0.356 e. The molecule has 3 aromatic rings. The third-order valence-corrected chi connectivity index (χ3v) is 10.6. The van der Waals surface area contributed by atoms with Crippen LogP contribution in [-0.2, 0) is 14.3 Å². The minimum atomic E-state index is -3.50. The van der Waals surface area contributed by atoms with Crippen molar-refractivity contribution in [3.05, 3.63) is 101 Å². The van der Waals surface area contributed by atoms with Gasteiger partial charge in [-0.15, -0.1) is 0 Å². The fraction of sp³-hybridized carbons (Fsp3) is 0.308. The van der Waals surface area contributed by atoms with Crippen molar-refractivity contribution in [2.45, 2.75) is 74.3 Å². The number of aromatic hydroxyl groups is 1. The first-order chi connectivity index (χ1) is 25.4. The van der Waals surface area contributed by atoms with E-state index in [1.54, 1.807) is 0 Å². The number of aromatic carboxylic acids is 1. The van der Waals surface area contributed by atoms with Crippen molar-refractivity contribution in [2.24, 2.45) is 0 Å². The third-order valence-electron chi connectivity index (χ3n) is 9.90. The van der Waals surface area contributed by atoms with Crippen molar-refractivity contribution in [1.82, 2.24) is 0 Å². The van der Waals surface area contributed by atoms with Gasteiger partial charge in [0, 0.05) is 11.6 Å². The molecule has 4 rings (SSSR count). The molecule has 3 aromatic carbocycles. The molecule has 0 spiro atoms. The zero-order valence-corrected chi connectivity index (χ0v) is 32.8. The van der Waals surface area contributed by atoms with Crippen molar-refractivity contribution < 1.29 is 71.4 Å². The zero-order chi connectivity index (χ0) is 41.8. The normalized spacial score (nSPS) is 15.4. The number of methoxy groups -OCH3 is 1. The number of hydrogen-bond donors (Lipinski definition) is 3. The van der Waals surface area contributed by atoms with Crippen molar-refractivity contribution in [1.29, 1.82) is 0 Å². The number of allylic oxidation sites excluding steroid dienone is 2. The number of carboxylic acids is 1. The number of phenolic OH excluding ortho intramolecular Hbond substituents is 1. The van der Waals surface area contributed by atoms with Crippen LogP contribution in [-0.4, -0.2) is 57.7 Å². The summed E-state index contributed by atoms with van der Waals surface area (Å²) < 4.78 is 66.4. The summed E-state index contributed by atoms with van der Waals surface area (Å²) in [4.78, 5) is 64.3. The van der Waals surface area contributed by atoms with Crippen molar-refractivity contribution in [3.63, 3.8) is 0 Å². The molecule has 16 heteroatoms. The second kappa shape index (κ2) is 15.3. The molecule has 0 aromatic heterocycles. The van der Waals surface area contributed by atoms with E-state index in [1.165, 1.54) is 48.5 Å². The quantitative estimate of drug-likeness (QED) is 0.143. The Labute approximate surface area is 321 Å². The maximum absolute atomic E-state index is 16.1. The minimum Gasteiger partial charge on any atom is -0.506 e. The van der Waals surface area contributed by atoms with Gasteiger partial charge < -0.3 is 34.3 Å². The number of carboxylic acid groups (broad SMARTS) is 1. The van der Waals surface area contributed by atoms with Gasteiger partial charge in [-0.3, -0.25) is 4.79 Å². The number of aliphatic hydroxyl groups is 1. The number of hydrogen-bond acceptors (Lipinski definition) is 11. The average Bonchev–Trinajstić information content (AvgIpc) is 3.10. The van der Waals surface area contributed by atoms with Gasteiger partial charge >= 0.3 is 23.9 Å². The second-order valence-corrected chi connectivity index (χ2v) is 13.7. The summed E-state index contributed by atoms with van der Waals surface area (Å²) in [6.07, 6.45) is -1.62. The van der Waals surface area contributed by atoms with Gasteiger partial charge in [-0.2, -0.15) is 0 Å². The molecule has 0 unspecified atom stereocenters. The number of benzene rings is 3. The van der Waals surface area contributed by atoms with Crippen LogP contribution in [0.1, 0.15) is 94.5 Å². The smallest absolute Gasteiger partial charge is 0.356 e. The molecule has 12 nitrogen and oxygen atoms in total. The molecule has 1 aliphatic carbocycles. The molecule has 0 heterocycles.